The summed E-state index contributed by atoms with van der Waals surface area (Å²) in [6, 6.07) is 16.9. The highest BCUT2D eigenvalue weighted by Crippen LogP contribution is 2.30. The molecule has 4 N–H and O–H groups in total. The molecule has 7 nitrogen and oxygen atoms in total. The van der Waals surface area contributed by atoms with Gasteiger partial charge in [0, 0.05) is 17.1 Å². The van der Waals surface area contributed by atoms with E-state index in [0.717, 1.165) is 22.7 Å². The maximum atomic E-state index is 14.8. The Morgan fingerprint density at radius 1 is 1.06 bits per heavy atom. The largest absolute Gasteiger partial charge is 0.397 e. The van der Waals surface area contributed by atoms with E-state index >= 15 is 0 Å². The van der Waals surface area contributed by atoms with Crippen molar-refractivity contribution in [1.82, 2.24) is 14.4 Å². The second-order valence-electron chi connectivity index (χ2n) is 7.37. The lowest BCUT2D eigenvalue weighted by Crippen LogP contribution is -2.13. The maximum absolute atomic E-state index is 14.8. The number of fused-ring (bicyclic) bond motifs is 1. The lowest BCUT2D eigenvalue weighted by Gasteiger charge is -2.09. The molecule has 9 heteroatoms. The number of nitrogens with one attached hydrogen (secondary N) is 2. The van der Waals surface area contributed by atoms with E-state index < -0.39 is 11.7 Å². The average Bonchev–Trinajstić information content (AvgIpc) is 3.39. The molecule has 0 fully saturated rings. The van der Waals surface area contributed by atoms with E-state index in [2.05, 4.69) is 20.6 Å². The van der Waals surface area contributed by atoms with Gasteiger partial charge in [-0.05, 0) is 49.4 Å². The molecule has 5 rings (SSSR count). The summed E-state index contributed by atoms with van der Waals surface area (Å²) in [5.41, 5.74) is 10.5. The van der Waals surface area contributed by atoms with Crippen molar-refractivity contribution in [2.45, 2.75) is 6.92 Å². The van der Waals surface area contributed by atoms with Crippen LogP contribution in [0.1, 0.15) is 16.1 Å². The Labute approximate surface area is 192 Å². The van der Waals surface area contributed by atoms with Crippen LogP contribution in [0.3, 0.4) is 0 Å². The number of imidazole rings is 1. The van der Waals surface area contributed by atoms with Crippen molar-refractivity contribution in [1.29, 1.82) is 0 Å². The lowest BCUT2D eigenvalue weighted by molar-refractivity contribution is 0.102. The minimum Gasteiger partial charge on any atom is -0.397 e. The molecule has 0 unspecified atom stereocenters. The van der Waals surface area contributed by atoms with Gasteiger partial charge in [0.25, 0.3) is 5.91 Å². The molecule has 0 bridgehead atoms. The predicted octanol–water partition coefficient (Wildman–Crippen LogP) is 5.48. The van der Waals surface area contributed by atoms with E-state index in [4.69, 9.17) is 5.73 Å². The highest BCUT2D eigenvalue weighted by atomic mass is 32.1. The van der Waals surface area contributed by atoms with E-state index in [1.165, 1.54) is 23.5 Å². The molecule has 0 radical (unpaired) electrons. The Morgan fingerprint density at radius 2 is 1.88 bits per heavy atom. The number of carbonyl (C=O) groups excluding carboxylic acids is 1. The van der Waals surface area contributed by atoms with Crippen LogP contribution in [-0.2, 0) is 0 Å². The second kappa shape index (κ2) is 8.36. The molecule has 164 valence electrons. The summed E-state index contributed by atoms with van der Waals surface area (Å²) in [5.74, 6) is -1.01. The minimum atomic E-state index is -0.564. The first-order valence-electron chi connectivity index (χ1n) is 10.1. The third-order valence-electron chi connectivity index (χ3n) is 5.13. The van der Waals surface area contributed by atoms with E-state index in [9.17, 15) is 9.18 Å². The van der Waals surface area contributed by atoms with Gasteiger partial charge >= 0.3 is 0 Å². The number of benzene rings is 2. The van der Waals surface area contributed by atoms with Crippen LogP contribution in [-0.4, -0.2) is 20.3 Å². The quantitative estimate of drug-likeness (QED) is 0.303. The first-order valence-corrected chi connectivity index (χ1v) is 11.0. The van der Waals surface area contributed by atoms with E-state index in [1.54, 1.807) is 30.3 Å². The molecule has 0 aliphatic carbocycles. The normalized spacial score (nSPS) is 11.0. The Bertz CT molecular complexity index is 1490. The fourth-order valence-corrected chi connectivity index (χ4v) is 4.25. The number of amides is 1. The topological polar surface area (TPSA) is 97.3 Å². The number of aromatic nitrogens is 3. The monoisotopic (exact) mass is 458 g/mol. The number of nitrogens with zero attached hydrogens (tertiary/aromatic N) is 3. The van der Waals surface area contributed by atoms with Crippen LogP contribution >= 0.6 is 11.3 Å². The van der Waals surface area contributed by atoms with Crippen molar-refractivity contribution >= 4 is 45.1 Å². The van der Waals surface area contributed by atoms with E-state index in [0.29, 0.717) is 16.5 Å². The van der Waals surface area contributed by atoms with Gasteiger partial charge in [-0.2, -0.15) is 0 Å². The third kappa shape index (κ3) is 4.01. The fourth-order valence-electron chi connectivity index (χ4n) is 3.54. The van der Waals surface area contributed by atoms with Crippen LogP contribution in [0.2, 0.25) is 0 Å². The number of halogens is 1. The van der Waals surface area contributed by atoms with Gasteiger partial charge in [0.2, 0.25) is 0 Å². The van der Waals surface area contributed by atoms with Crippen molar-refractivity contribution in [2.75, 3.05) is 16.4 Å². The molecule has 0 saturated carbocycles. The number of anilines is 4. The summed E-state index contributed by atoms with van der Waals surface area (Å²) in [6.45, 7) is 1.93. The number of nitrogens with two attached hydrogens (primary N) is 1. The van der Waals surface area contributed by atoms with Gasteiger partial charge in [-0.25, -0.2) is 14.4 Å². The number of aryl methyl sites for hydroxylation is 1. The molecule has 0 atom stereocenters. The van der Waals surface area contributed by atoms with E-state index in [-0.39, 0.29) is 11.3 Å². The molecule has 0 spiro atoms. The van der Waals surface area contributed by atoms with E-state index in [1.807, 2.05) is 41.1 Å². The summed E-state index contributed by atoms with van der Waals surface area (Å²) < 4.78 is 16.7. The minimum absolute atomic E-state index is 0.183. The number of pyridine rings is 1. The van der Waals surface area contributed by atoms with Gasteiger partial charge in [0.1, 0.15) is 17.2 Å². The zero-order valence-corrected chi connectivity index (χ0v) is 18.4. The summed E-state index contributed by atoms with van der Waals surface area (Å²) in [5, 5.41) is 8.12. The van der Waals surface area contributed by atoms with Gasteiger partial charge in [-0.1, -0.05) is 18.2 Å². The number of nitrogen functional groups attached to an aromatic ring is 1. The zero-order valence-electron chi connectivity index (χ0n) is 17.5. The SMILES string of the molecule is Cc1nc2ccccn2c1-c1csc(Nc2ccc(C(=O)Nc3ccccc3N)cc2F)n1. The highest BCUT2D eigenvalue weighted by Gasteiger charge is 2.16. The molecule has 33 heavy (non-hydrogen) atoms. The van der Waals surface area contributed by atoms with Crippen molar-refractivity contribution < 1.29 is 9.18 Å². The van der Waals surface area contributed by atoms with Gasteiger partial charge < -0.3 is 16.4 Å². The van der Waals surface area contributed by atoms with Crippen LogP contribution in [0.4, 0.5) is 26.6 Å². The molecule has 5 aromatic rings. The van der Waals surface area contributed by atoms with Crippen molar-refractivity contribution in [3.05, 3.63) is 89.3 Å². The Kier molecular flexibility index (Phi) is 5.23. The molecule has 3 aromatic heterocycles. The molecular weight excluding hydrogens is 439 g/mol. The second-order valence-corrected chi connectivity index (χ2v) is 8.23. The Hall–Kier alpha value is -4.24. The first kappa shape index (κ1) is 20.7. The zero-order chi connectivity index (χ0) is 22.9. The number of hydrogen-bond acceptors (Lipinski definition) is 6. The van der Waals surface area contributed by atoms with Crippen molar-refractivity contribution in [3.8, 4) is 11.4 Å². The van der Waals surface area contributed by atoms with Crippen LogP contribution in [0.15, 0.2) is 72.2 Å². The summed E-state index contributed by atoms with van der Waals surface area (Å²) in [4.78, 5) is 21.7. The standard InChI is InChI=1S/C24H19FN6OS/c1-14-22(31-11-5-4-8-21(31)27-14)20-13-33-24(30-20)29-18-10-9-15(12-16(18)25)23(32)28-19-7-3-2-6-17(19)26/h2-13H,26H2,1H3,(H,28,32)(H,29,30). The summed E-state index contributed by atoms with van der Waals surface area (Å²) in [6.07, 6.45) is 1.93. The van der Waals surface area contributed by atoms with Gasteiger partial charge in [-0.15, -0.1) is 11.3 Å². The number of carbonyl (C=O) groups is 1. The van der Waals surface area contributed by atoms with Crippen LogP contribution in [0.5, 0.6) is 0 Å². The fraction of sp³-hybridized carbons (Fsp3) is 0.0417. The summed E-state index contributed by atoms with van der Waals surface area (Å²) >= 11 is 1.36. The highest BCUT2D eigenvalue weighted by molar-refractivity contribution is 7.14. The number of para-hydroxylation sites is 2. The molecular formula is C24H19FN6OS. The maximum Gasteiger partial charge on any atom is 0.255 e. The smallest absolute Gasteiger partial charge is 0.255 e. The van der Waals surface area contributed by atoms with Crippen LogP contribution in [0.25, 0.3) is 17.0 Å². The average molecular weight is 459 g/mol. The Morgan fingerprint density at radius 3 is 2.70 bits per heavy atom. The van der Waals surface area contributed by atoms with Crippen molar-refractivity contribution in [2.24, 2.45) is 0 Å². The molecule has 0 saturated heterocycles. The number of thiazole rings is 1. The predicted molar refractivity (Wildman–Crippen MR) is 130 cm³/mol. The molecule has 0 aliphatic rings. The van der Waals surface area contributed by atoms with Gasteiger partial charge in [-0.3, -0.25) is 9.20 Å². The summed E-state index contributed by atoms with van der Waals surface area (Å²) in [7, 11) is 0. The number of rotatable bonds is 5. The van der Waals surface area contributed by atoms with Gasteiger partial charge in [0.15, 0.2) is 5.13 Å². The molecule has 3 heterocycles. The third-order valence-corrected chi connectivity index (χ3v) is 5.89. The first-order chi connectivity index (χ1) is 16.0. The molecule has 2 aromatic carbocycles. The number of hydrogen-bond donors (Lipinski definition) is 3. The van der Waals surface area contributed by atoms with Crippen LogP contribution in [0, 0.1) is 12.7 Å². The lowest BCUT2D eigenvalue weighted by atomic mass is 10.1. The van der Waals surface area contributed by atoms with Crippen LogP contribution < -0.4 is 16.4 Å². The van der Waals surface area contributed by atoms with Crippen molar-refractivity contribution in [3.63, 3.8) is 0 Å². The van der Waals surface area contributed by atoms with Gasteiger partial charge in [0.05, 0.1) is 28.5 Å². The Balaban J connectivity index is 1.35. The molecule has 0 aliphatic heterocycles. The molecule has 1 amide bonds.